The molecule has 0 spiro atoms. The van der Waals surface area contributed by atoms with E-state index in [1.54, 1.807) is 13.3 Å². The average molecular weight is 329 g/mol. The first-order chi connectivity index (χ1) is 11.2. The number of hydrogen-bond acceptors (Lipinski definition) is 5. The number of aryl methyl sites for hydroxylation is 2. The number of fused-ring (bicyclic) bond motifs is 3. The second kappa shape index (κ2) is 6.19. The first-order valence-corrected chi connectivity index (χ1v) is 9.53. The van der Waals surface area contributed by atoms with Crippen molar-refractivity contribution in [2.45, 2.75) is 64.3 Å². The Morgan fingerprint density at radius 1 is 1.26 bits per heavy atom. The first kappa shape index (κ1) is 15.1. The van der Waals surface area contributed by atoms with Crippen LogP contribution < -0.4 is 5.32 Å². The molecule has 0 saturated heterocycles. The summed E-state index contributed by atoms with van der Waals surface area (Å²) in [6, 6.07) is 0.480. The van der Waals surface area contributed by atoms with Crippen LogP contribution >= 0.6 is 11.3 Å². The molecule has 2 aromatic heterocycles. The number of thiophene rings is 1. The van der Waals surface area contributed by atoms with Crippen molar-refractivity contribution in [1.29, 1.82) is 0 Å². The lowest BCUT2D eigenvalue weighted by molar-refractivity contribution is -0.118. The topological polar surface area (TPSA) is 54.9 Å². The summed E-state index contributed by atoms with van der Waals surface area (Å²) >= 11 is 1.84. The van der Waals surface area contributed by atoms with E-state index in [-0.39, 0.29) is 0 Å². The minimum Gasteiger partial charge on any atom is -0.367 e. The van der Waals surface area contributed by atoms with Gasteiger partial charge in [0.1, 0.15) is 22.8 Å². The molecule has 1 N–H and O–H groups in total. The van der Waals surface area contributed by atoms with Crippen LogP contribution in [0.5, 0.6) is 0 Å². The van der Waals surface area contributed by atoms with Crippen molar-refractivity contribution in [2.24, 2.45) is 5.92 Å². The molecule has 0 unspecified atom stereocenters. The molecule has 0 bridgehead atoms. The molecule has 122 valence electrons. The predicted molar refractivity (Wildman–Crippen MR) is 94.1 cm³/mol. The van der Waals surface area contributed by atoms with Crippen molar-refractivity contribution in [2.75, 3.05) is 5.32 Å². The predicted octanol–water partition coefficient (Wildman–Crippen LogP) is 4.13. The highest BCUT2D eigenvalue weighted by molar-refractivity contribution is 7.19. The number of ketones is 1. The molecular weight excluding hydrogens is 306 g/mol. The summed E-state index contributed by atoms with van der Waals surface area (Å²) in [6.07, 6.45) is 10.6. The number of Topliss-reactive ketones (excluding diaryl/α,β-unsaturated/α-hetero) is 1. The first-order valence-electron chi connectivity index (χ1n) is 8.72. The molecule has 2 aliphatic carbocycles. The number of hydrogen-bond donors (Lipinski definition) is 1. The van der Waals surface area contributed by atoms with Gasteiger partial charge in [0.15, 0.2) is 0 Å². The molecule has 0 aliphatic heterocycles. The number of aromatic nitrogens is 2. The number of nitrogens with zero attached hydrogens (tertiary/aromatic N) is 2. The maximum absolute atomic E-state index is 11.3. The number of carbonyl (C=O) groups excluding carboxylic acids is 1. The summed E-state index contributed by atoms with van der Waals surface area (Å²) < 4.78 is 0. The summed E-state index contributed by atoms with van der Waals surface area (Å²) in [5.74, 6) is 1.94. The molecule has 0 atom stereocenters. The van der Waals surface area contributed by atoms with Crippen LogP contribution in [0.4, 0.5) is 5.82 Å². The van der Waals surface area contributed by atoms with Gasteiger partial charge in [-0.3, -0.25) is 0 Å². The van der Waals surface area contributed by atoms with Crippen LogP contribution in [0.2, 0.25) is 0 Å². The highest BCUT2D eigenvalue weighted by Gasteiger charge is 2.25. The van der Waals surface area contributed by atoms with Crippen LogP contribution in [0.25, 0.3) is 10.2 Å². The molecule has 1 fully saturated rings. The molecule has 4 nitrogen and oxygen atoms in total. The molecule has 5 heteroatoms. The molecule has 2 aliphatic rings. The molecule has 0 amide bonds. The maximum atomic E-state index is 11.3. The van der Waals surface area contributed by atoms with Crippen LogP contribution in [0.3, 0.4) is 0 Å². The summed E-state index contributed by atoms with van der Waals surface area (Å²) in [5.41, 5.74) is 1.48. The van der Waals surface area contributed by atoms with Gasteiger partial charge in [0.2, 0.25) is 0 Å². The largest absolute Gasteiger partial charge is 0.367 e. The van der Waals surface area contributed by atoms with Crippen LogP contribution in [-0.4, -0.2) is 21.8 Å². The molecule has 4 rings (SSSR count). The number of nitrogens with one attached hydrogen (secondary N) is 1. The Labute approximate surface area is 140 Å². The molecule has 0 radical (unpaired) electrons. The van der Waals surface area contributed by atoms with E-state index in [0.29, 0.717) is 17.7 Å². The monoisotopic (exact) mass is 329 g/mol. The van der Waals surface area contributed by atoms with E-state index in [0.717, 1.165) is 42.8 Å². The maximum Gasteiger partial charge on any atom is 0.138 e. The Hall–Kier alpha value is -1.49. The normalized spacial score (nSPS) is 23.9. The van der Waals surface area contributed by atoms with E-state index >= 15 is 0 Å². The highest BCUT2D eigenvalue weighted by atomic mass is 32.1. The Kier molecular flexibility index (Phi) is 4.05. The van der Waals surface area contributed by atoms with Gasteiger partial charge in [-0.05, 0) is 63.4 Å². The van der Waals surface area contributed by atoms with Crippen LogP contribution in [-0.2, 0) is 17.6 Å². The van der Waals surface area contributed by atoms with Gasteiger partial charge < -0.3 is 10.1 Å². The van der Waals surface area contributed by atoms with Gasteiger partial charge in [0, 0.05) is 17.3 Å². The molecule has 23 heavy (non-hydrogen) atoms. The lowest BCUT2D eigenvalue weighted by Gasteiger charge is -2.29. The molecule has 0 aromatic carbocycles. The lowest BCUT2D eigenvalue weighted by atomic mass is 9.83. The summed E-state index contributed by atoms with van der Waals surface area (Å²) in [6.45, 7) is 1.71. The van der Waals surface area contributed by atoms with Crippen molar-refractivity contribution < 1.29 is 4.79 Å². The Balaban J connectivity index is 1.50. The fourth-order valence-electron chi connectivity index (χ4n) is 4.15. The smallest absolute Gasteiger partial charge is 0.138 e. The zero-order chi connectivity index (χ0) is 15.8. The Morgan fingerprint density at radius 3 is 2.87 bits per heavy atom. The summed E-state index contributed by atoms with van der Waals surface area (Å²) in [4.78, 5) is 22.9. The minimum atomic E-state index is 0.327. The Morgan fingerprint density at radius 2 is 2.09 bits per heavy atom. The third-order valence-corrected chi connectivity index (χ3v) is 6.46. The van der Waals surface area contributed by atoms with E-state index in [9.17, 15) is 4.79 Å². The second-order valence-corrected chi connectivity index (χ2v) is 8.11. The third-order valence-electron chi connectivity index (χ3n) is 5.27. The Bertz CT molecular complexity index is 731. The van der Waals surface area contributed by atoms with E-state index in [1.807, 2.05) is 11.3 Å². The van der Waals surface area contributed by atoms with Crippen molar-refractivity contribution >= 4 is 33.2 Å². The molecular formula is C18H23N3OS. The number of anilines is 1. The third kappa shape index (κ3) is 2.99. The van der Waals surface area contributed by atoms with Gasteiger partial charge >= 0.3 is 0 Å². The number of rotatable bonds is 4. The van der Waals surface area contributed by atoms with E-state index in [4.69, 9.17) is 0 Å². The van der Waals surface area contributed by atoms with Crippen molar-refractivity contribution in [3.8, 4) is 0 Å². The van der Waals surface area contributed by atoms with Gasteiger partial charge in [-0.2, -0.15) is 0 Å². The zero-order valence-electron chi connectivity index (χ0n) is 13.6. The highest BCUT2D eigenvalue weighted by Crippen LogP contribution is 2.39. The quantitative estimate of drug-likeness (QED) is 0.916. The summed E-state index contributed by atoms with van der Waals surface area (Å²) in [7, 11) is 0. The van der Waals surface area contributed by atoms with Crippen LogP contribution in [0, 0.1) is 5.92 Å². The number of carbonyl (C=O) groups is 1. The zero-order valence-corrected chi connectivity index (χ0v) is 14.4. The standard InChI is InChI=1S/C18H23N3OS/c1-11(22)9-12-5-7-13(8-6-12)21-17-16-14-3-2-4-15(14)23-18(16)20-10-19-17/h10,12-13H,2-9H2,1H3,(H,19,20,21). The van der Waals surface area contributed by atoms with Gasteiger partial charge in [0.25, 0.3) is 0 Å². The van der Waals surface area contributed by atoms with Gasteiger partial charge in [-0.15, -0.1) is 11.3 Å². The molecule has 2 heterocycles. The lowest BCUT2D eigenvalue weighted by Crippen LogP contribution is -2.27. The summed E-state index contributed by atoms with van der Waals surface area (Å²) in [5, 5.41) is 4.96. The fourth-order valence-corrected chi connectivity index (χ4v) is 5.38. The molecule has 1 saturated carbocycles. The van der Waals surface area contributed by atoms with E-state index in [2.05, 4.69) is 15.3 Å². The van der Waals surface area contributed by atoms with Crippen LogP contribution in [0.1, 0.15) is 55.9 Å². The van der Waals surface area contributed by atoms with Crippen molar-refractivity contribution in [1.82, 2.24) is 9.97 Å². The SMILES string of the molecule is CC(=O)CC1CCC(Nc2ncnc3sc4c(c23)CCC4)CC1. The van der Waals surface area contributed by atoms with E-state index in [1.165, 1.54) is 35.1 Å². The van der Waals surface area contributed by atoms with E-state index < -0.39 is 0 Å². The van der Waals surface area contributed by atoms with Gasteiger partial charge in [0.05, 0.1) is 5.39 Å². The average Bonchev–Trinajstić information content (AvgIpc) is 3.09. The van der Waals surface area contributed by atoms with Gasteiger partial charge in [-0.25, -0.2) is 9.97 Å². The fraction of sp³-hybridized carbons (Fsp3) is 0.611. The minimum absolute atomic E-state index is 0.327. The second-order valence-electron chi connectivity index (χ2n) is 7.03. The van der Waals surface area contributed by atoms with Gasteiger partial charge in [-0.1, -0.05) is 0 Å². The van der Waals surface area contributed by atoms with Crippen LogP contribution in [0.15, 0.2) is 6.33 Å². The van der Waals surface area contributed by atoms with Crippen molar-refractivity contribution in [3.63, 3.8) is 0 Å². The molecule has 2 aromatic rings. The van der Waals surface area contributed by atoms with Crippen molar-refractivity contribution in [3.05, 3.63) is 16.8 Å².